The summed E-state index contributed by atoms with van der Waals surface area (Å²) in [5, 5.41) is 3.95. The first kappa shape index (κ1) is 20.8. The summed E-state index contributed by atoms with van der Waals surface area (Å²) >= 11 is 0. The lowest BCUT2D eigenvalue weighted by molar-refractivity contribution is -0.905. The average Bonchev–Trinajstić information content (AvgIpc) is 2.67. The van der Waals surface area contributed by atoms with E-state index in [4.69, 9.17) is 4.42 Å². The Kier molecular flexibility index (Phi) is 6.49. The zero-order valence-electron chi connectivity index (χ0n) is 17.6. The lowest BCUT2D eigenvalue weighted by atomic mass is 10.0. The standard InChI is InChI=1S/C24H28N2O3/c1-5-12-26(15-22(27)25-21-9-7-6-8-17(21)3)14-19-13-23(28)29-24-18(4)16(2)10-11-20(19)24/h6-11,13H,5,12,14-15H2,1-4H3,(H,25,27)/p+1. The van der Waals surface area contributed by atoms with Crippen molar-refractivity contribution in [1.82, 2.24) is 0 Å². The van der Waals surface area contributed by atoms with Crippen molar-refractivity contribution in [3.63, 3.8) is 0 Å². The van der Waals surface area contributed by atoms with Crippen LogP contribution in [0.15, 0.2) is 51.7 Å². The van der Waals surface area contributed by atoms with Crippen LogP contribution < -0.4 is 15.8 Å². The van der Waals surface area contributed by atoms with E-state index in [2.05, 4.69) is 12.2 Å². The van der Waals surface area contributed by atoms with Crippen LogP contribution >= 0.6 is 0 Å². The zero-order valence-corrected chi connectivity index (χ0v) is 17.6. The lowest BCUT2D eigenvalue weighted by Crippen LogP contribution is -3.11. The van der Waals surface area contributed by atoms with Gasteiger partial charge < -0.3 is 14.6 Å². The number of para-hydroxylation sites is 1. The van der Waals surface area contributed by atoms with Crippen molar-refractivity contribution in [2.75, 3.05) is 18.4 Å². The third-order valence-electron chi connectivity index (χ3n) is 5.39. The Labute approximate surface area is 171 Å². The van der Waals surface area contributed by atoms with Gasteiger partial charge in [-0.25, -0.2) is 4.79 Å². The number of carbonyl (C=O) groups is 1. The summed E-state index contributed by atoms with van der Waals surface area (Å²) in [7, 11) is 0. The molecule has 1 aromatic heterocycles. The van der Waals surface area contributed by atoms with Crippen LogP contribution in [-0.4, -0.2) is 19.0 Å². The van der Waals surface area contributed by atoms with E-state index in [9.17, 15) is 9.59 Å². The van der Waals surface area contributed by atoms with Gasteiger partial charge in [-0.3, -0.25) is 4.79 Å². The fourth-order valence-corrected chi connectivity index (χ4v) is 3.67. The molecule has 1 amide bonds. The number of benzene rings is 2. The highest BCUT2D eigenvalue weighted by molar-refractivity contribution is 5.92. The SMILES string of the molecule is CCC[NH+](CC(=O)Nc1ccccc1C)Cc1cc(=O)oc2c(C)c(C)ccc12. The molecule has 3 aromatic rings. The smallest absolute Gasteiger partial charge is 0.336 e. The molecule has 0 aliphatic carbocycles. The number of hydrogen-bond donors (Lipinski definition) is 2. The molecule has 1 heterocycles. The van der Waals surface area contributed by atoms with Crippen LogP contribution in [0.4, 0.5) is 5.69 Å². The van der Waals surface area contributed by atoms with Crippen molar-refractivity contribution in [1.29, 1.82) is 0 Å². The number of hydrogen-bond acceptors (Lipinski definition) is 3. The van der Waals surface area contributed by atoms with E-state index in [1.54, 1.807) is 6.07 Å². The Morgan fingerprint density at radius 2 is 1.83 bits per heavy atom. The number of amides is 1. The van der Waals surface area contributed by atoms with Gasteiger partial charge in [-0.1, -0.05) is 37.3 Å². The molecule has 0 saturated carbocycles. The fraction of sp³-hybridized carbons (Fsp3) is 0.333. The van der Waals surface area contributed by atoms with E-state index in [0.717, 1.165) is 51.2 Å². The molecular weight excluding hydrogens is 364 g/mol. The van der Waals surface area contributed by atoms with E-state index in [1.807, 2.05) is 57.2 Å². The first-order chi connectivity index (χ1) is 13.9. The molecular formula is C24H29N2O3+. The summed E-state index contributed by atoms with van der Waals surface area (Å²) in [6.45, 7) is 9.83. The average molecular weight is 394 g/mol. The molecule has 5 heteroatoms. The van der Waals surface area contributed by atoms with E-state index in [-0.39, 0.29) is 11.5 Å². The minimum atomic E-state index is -0.346. The third kappa shape index (κ3) is 4.93. The fourth-order valence-electron chi connectivity index (χ4n) is 3.67. The molecule has 2 N–H and O–H groups in total. The first-order valence-electron chi connectivity index (χ1n) is 10.1. The third-order valence-corrected chi connectivity index (χ3v) is 5.39. The molecule has 0 aliphatic rings. The summed E-state index contributed by atoms with van der Waals surface area (Å²) in [5.74, 6) is -0.0259. The van der Waals surface area contributed by atoms with E-state index in [0.29, 0.717) is 18.7 Å². The molecule has 0 fully saturated rings. The maximum absolute atomic E-state index is 12.7. The highest BCUT2D eigenvalue weighted by Crippen LogP contribution is 2.22. The van der Waals surface area contributed by atoms with Crippen molar-refractivity contribution in [3.05, 3.63) is 75.1 Å². The van der Waals surface area contributed by atoms with Crippen LogP contribution in [0.25, 0.3) is 11.0 Å². The number of aryl methyl sites for hydroxylation is 3. The summed E-state index contributed by atoms with van der Waals surface area (Å²) < 4.78 is 5.48. The Morgan fingerprint density at radius 3 is 2.55 bits per heavy atom. The largest absolute Gasteiger partial charge is 0.422 e. The van der Waals surface area contributed by atoms with Gasteiger partial charge in [0.15, 0.2) is 6.54 Å². The maximum atomic E-state index is 12.7. The van der Waals surface area contributed by atoms with Crippen LogP contribution in [0, 0.1) is 20.8 Å². The van der Waals surface area contributed by atoms with Crippen LogP contribution in [0.5, 0.6) is 0 Å². The Balaban J connectivity index is 1.84. The maximum Gasteiger partial charge on any atom is 0.336 e. The predicted molar refractivity (Wildman–Crippen MR) is 116 cm³/mol. The second-order valence-corrected chi connectivity index (χ2v) is 7.69. The van der Waals surface area contributed by atoms with E-state index in [1.165, 1.54) is 0 Å². The molecule has 0 bridgehead atoms. The molecule has 29 heavy (non-hydrogen) atoms. The van der Waals surface area contributed by atoms with Crippen LogP contribution in [0.3, 0.4) is 0 Å². The Hall–Kier alpha value is -2.92. The number of nitrogens with one attached hydrogen (secondary N) is 2. The molecule has 2 aromatic carbocycles. The molecule has 1 unspecified atom stereocenters. The van der Waals surface area contributed by atoms with Gasteiger partial charge in [0, 0.05) is 22.7 Å². The van der Waals surface area contributed by atoms with Gasteiger partial charge in [0.25, 0.3) is 5.91 Å². The minimum absolute atomic E-state index is 0.0259. The summed E-state index contributed by atoms with van der Waals surface area (Å²) in [6.07, 6.45) is 0.949. The van der Waals surface area contributed by atoms with Gasteiger partial charge in [0.2, 0.25) is 0 Å². The zero-order chi connectivity index (χ0) is 21.0. The molecule has 0 spiro atoms. The van der Waals surface area contributed by atoms with Gasteiger partial charge in [-0.2, -0.15) is 0 Å². The van der Waals surface area contributed by atoms with Gasteiger partial charge in [-0.05, 0) is 49.9 Å². The molecule has 0 radical (unpaired) electrons. The quantitative estimate of drug-likeness (QED) is 0.606. The van der Waals surface area contributed by atoms with E-state index >= 15 is 0 Å². The van der Waals surface area contributed by atoms with Crippen molar-refractivity contribution in [2.45, 2.75) is 40.7 Å². The van der Waals surface area contributed by atoms with Gasteiger partial charge in [0.1, 0.15) is 12.1 Å². The van der Waals surface area contributed by atoms with Crippen molar-refractivity contribution >= 4 is 22.6 Å². The topological polar surface area (TPSA) is 63.8 Å². The van der Waals surface area contributed by atoms with Gasteiger partial charge >= 0.3 is 5.63 Å². The van der Waals surface area contributed by atoms with Gasteiger partial charge in [-0.15, -0.1) is 0 Å². The predicted octanol–water partition coefficient (Wildman–Crippen LogP) is 3.15. The molecule has 152 valence electrons. The number of carbonyl (C=O) groups excluding carboxylic acids is 1. The van der Waals surface area contributed by atoms with Crippen LogP contribution in [-0.2, 0) is 11.3 Å². The number of fused-ring (bicyclic) bond motifs is 1. The Bertz CT molecular complexity index is 1090. The summed E-state index contributed by atoms with van der Waals surface area (Å²) in [5.41, 5.74) is 5.17. The van der Waals surface area contributed by atoms with Crippen molar-refractivity contribution in [2.24, 2.45) is 0 Å². The molecule has 3 rings (SSSR count). The highest BCUT2D eigenvalue weighted by atomic mass is 16.4. The number of rotatable bonds is 7. The monoisotopic (exact) mass is 393 g/mol. The van der Waals surface area contributed by atoms with Crippen LogP contribution in [0.2, 0.25) is 0 Å². The van der Waals surface area contributed by atoms with E-state index < -0.39 is 0 Å². The summed E-state index contributed by atoms with van der Waals surface area (Å²) in [4.78, 5) is 25.9. The second kappa shape index (κ2) is 9.05. The normalized spacial score (nSPS) is 12.1. The number of quaternary nitrogens is 1. The molecule has 0 saturated heterocycles. The number of anilines is 1. The minimum Gasteiger partial charge on any atom is -0.422 e. The van der Waals surface area contributed by atoms with Crippen LogP contribution in [0.1, 0.15) is 35.6 Å². The van der Waals surface area contributed by atoms with Crippen molar-refractivity contribution in [3.8, 4) is 0 Å². The first-order valence-corrected chi connectivity index (χ1v) is 10.1. The Morgan fingerprint density at radius 1 is 1.07 bits per heavy atom. The van der Waals surface area contributed by atoms with Gasteiger partial charge in [0.05, 0.1) is 6.54 Å². The lowest BCUT2D eigenvalue weighted by Gasteiger charge is -2.20. The summed E-state index contributed by atoms with van der Waals surface area (Å²) in [6, 6.07) is 13.4. The molecule has 0 aliphatic heterocycles. The highest BCUT2D eigenvalue weighted by Gasteiger charge is 2.18. The molecule has 5 nitrogen and oxygen atoms in total. The van der Waals surface area contributed by atoms with Crippen molar-refractivity contribution < 1.29 is 14.1 Å². The molecule has 1 atom stereocenters. The second-order valence-electron chi connectivity index (χ2n) is 7.69.